The molecule has 106 valence electrons. The van der Waals surface area contributed by atoms with Crippen molar-refractivity contribution >= 4 is 21.4 Å². The van der Waals surface area contributed by atoms with Crippen molar-refractivity contribution in [2.75, 3.05) is 17.6 Å². The van der Waals surface area contributed by atoms with E-state index in [1.807, 2.05) is 0 Å². The molecule has 0 spiro atoms. The zero-order valence-electron chi connectivity index (χ0n) is 11.1. The first-order valence-corrected chi connectivity index (χ1v) is 8.01. The number of anilines is 2. The highest BCUT2D eigenvalue weighted by Crippen LogP contribution is 2.37. The third kappa shape index (κ3) is 3.39. The van der Waals surface area contributed by atoms with Crippen molar-refractivity contribution in [3.8, 4) is 0 Å². The second-order valence-electron chi connectivity index (χ2n) is 5.67. The Hall–Kier alpha value is -1.27. The first kappa shape index (κ1) is 14.1. The van der Waals surface area contributed by atoms with Crippen molar-refractivity contribution in [2.24, 2.45) is 10.6 Å². The molecule has 1 saturated carbocycles. The molecule has 0 unspecified atom stereocenters. The summed E-state index contributed by atoms with van der Waals surface area (Å²) in [5.41, 5.74) is 7.35. The smallest absolute Gasteiger partial charge is 0.238 e. The Bertz CT molecular complexity index is 563. The number of primary sulfonamides is 1. The quantitative estimate of drug-likeness (QED) is 0.735. The lowest BCUT2D eigenvalue weighted by atomic mass is 9.89. The Morgan fingerprint density at radius 3 is 2.47 bits per heavy atom. The molecule has 1 aromatic rings. The van der Waals surface area contributed by atoms with Gasteiger partial charge in [-0.15, -0.1) is 0 Å². The standard InChI is InChI=1S/C13H21N3O2S/c1-13(6-2-3-7-13)9-16-12-5-4-10(8-11(12)14)19(15,17)18/h4-5,8,16H,2-3,6-7,9,14H2,1H3,(H2,15,17,18). The van der Waals surface area contributed by atoms with Crippen LogP contribution in [0.1, 0.15) is 32.6 Å². The highest BCUT2D eigenvalue weighted by molar-refractivity contribution is 7.89. The summed E-state index contributed by atoms with van der Waals surface area (Å²) in [6, 6.07) is 4.55. The Kier molecular flexibility index (Phi) is 3.73. The zero-order chi connectivity index (χ0) is 14.1. The third-order valence-corrected chi connectivity index (χ3v) is 4.78. The number of rotatable bonds is 4. The number of sulfonamides is 1. The van der Waals surface area contributed by atoms with Crippen molar-refractivity contribution in [2.45, 2.75) is 37.5 Å². The number of nitrogen functional groups attached to an aromatic ring is 1. The van der Waals surface area contributed by atoms with Crippen LogP contribution >= 0.6 is 0 Å². The lowest BCUT2D eigenvalue weighted by Crippen LogP contribution is -2.23. The maximum Gasteiger partial charge on any atom is 0.238 e. The van der Waals surface area contributed by atoms with Gasteiger partial charge in [-0.25, -0.2) is 13.6 Å². The molecule has 0 aliphatic heterocycles. The third-order valence-electron chi connectivity index (χ3n) is 3.87. The van der Waals surface area contributed by atoms with Crippen molar-refractivity contribution < 1.29 is 8.42 Å². The van der Waals surface area contributed by atoms with E-state index in [-0.39, 0.29) is 4.90 Å². The van der Waals surface area contributed by atoms with E-state index >= 15 is 0 Å². The molecule has 5 N–H and O–H groups in total. The fourth-order valence-corrected chi connectivity index (χ4v) is 3.14. The molecule has 5 nitrogen and oxygen atoms in total. The normalized spacial score (nSPS) is 18.4. The topological polar surface area (TPSA) is 98.2 Å². The highest BCUT2D eigenvalue weighted by atomic mass is 32.2. The van der Waals surface area contributed by atoms with E-state index in [4.69, 9.17) is 10.9 Å². The van der Waals surface area contributed by atoms with Crippen LogP contribution in [0.5, 0.6) is 0 Å². The van der Waals surface area contributed by atoms with Crippen LogP contribution in [0.2, 0.25) is 0 Å². The largest absolute Gasteiger partial charge is 0.397 e. The van der Waals surface area contributed by atoms with Crippen LogP contribution in [0.4, 0.5) is 11.4 Å². The van der Waals surface area contributed by atoms with E-state index < -0.39 is 10.0 Å². The van der Waals surface area contributed by atoms with Crippen LogP contribution in [0.25, 0.3) is 0 Å². The van der Waals surface area contributed by atoms with E-state index in [0.717, 1.165) is 12.2 Å². The molecule has 1 aliphatic carbocycles. The molecule has 2 rings (SSSR count). The molecule has 0 radical (unpaired) electrons. The van der Waals surface area contributed by atoms with Gasteiger partial charge in [0.25, 0.3) is 0 Å². The molecule has 0 heterocycles. The van der Waals surface area contributed by atoms with Gasteiger partial charge in [0.15, 0.2) is 0 Å². The summed E-state index contributed by atoms with van der Waals surface area (Å²) in [4.78, 5) is 0.0441. The summed E-state index contributed by atoms with van der Waals surface area (Å²) >= 11 is 0. The second kappa shape index (κ2) is 5.02. The minimum Gasteiger partial charge on any atom is -0.397 e. The van der Waals surface area contributed by atoms with Crippen LogP contribution < -0.4 is 16.2 Å². The molecule has 0 saturated heterocycles. The lowest BCUT2D eigenvalue weighted by Gasteiger charge is -2.25. The predicted molar refractivity (Wildman–Crippen MR) is 77.3 cm³/mol. The van der Waals surface area contributed by atoms with Gasteiger partial charge < -0.3 is 11.1 Å². The number of benzene rings is 1. The average molecular weight is 283 g/mol. The molecule has 1 aliphatic rings. The molecular formula is C13H21N3O2S. The molecule has 19 heavy (non-hydrogen) atoms. The summed E-state index contributed by atoms with van der Waals surface area (Å²) in [7, 11) is -3.69. The summed E-state index contributed by atoms with van der Waals surface area (Å²) in [5.74, 6) is 0. The van der Waals surface area contributed by atoms with Gasteiger partial charge in [0.2, 0.25) is 10.0 Å². The van der Waals surface area contributed by atoms with E-state index in [2.05, 4.69) is 12.2 Å². The van der Waals surface area contributed by atoms with E-state index in [1.165, 1.54) is 37.8 Å². The van der Waals surface area contributed by atoms with Crippen LogP contribution in [0.3, 0.4) is 0 Å². The fourth-order valence-electron chi connectivity index (χ4n) is 2.59. The summed E-state index contributed by atoms with van der Waals surface area (Å²) in [6.45, 7) is 3.12. The summed E-state index contributed by atoms with van der Waals surface area (Å²) < 4.78 is 22.4. The average Bonchev–Trinajstić information content (AvgIpc) is 2.74. The summed E-state index contributed by atoms with van der Waals surface area (Å²) in [6.07, 6.45) is 4.99. The zero-order valence-corrected chi connectivity index (χ0v) is 12.0. The Morgan fingerprint density at radius 2 is 1.95 bits per heavy atom. The van der Waals surface area contributed by atoms with Gasteiger partial charge in [-0.05, 0) is 36.5 Å². The van der Waals surface area contributed by atoms with Crippen molar-refractivity contribution in [1.82, 2.24) is 0 Å². The van der Waals surface area contributed by atoms with Crippen molar-refractivity contribution in [3.05, 3.63) is 18.2 Å². The maximum atomic E-state index is 11.2. The van der Waals surface area contributed by atoms with E-state index in [9.17, 15) is 8.42 Å². The van der Waals surface area contributed by atoms with Crippen LogP contribution in [-0.4, -0.2) is 15.0 Å². The predicted octanol–water partition coefficient (Wildman–Crippen LogP) is 1.91. The van der Waals surface area contributed by atoms with Crippen LogP contribution in [0, 0.1) is 5.41 Å². The maximum absolute atomic E-state index is 11.2. The van der Waals surface area contributed by atoms with E-state index in [1.54, 1.807) is 6.07 Å². The lowest BCUT2D eigenvalue weighted by molar-refractivity contribution is 0.362. The Labute approximate surface area is 114 Å². The number of hydrogen-bond donors (Lipinski definition) is 3. The molecule has 1 aromatic carbocycles. The number of nitrogens with two attached hydrogens (primary N) is 2. The molecule has 0 atom stereocenters. The van der Waals surface area contributed by atoms with Gasteiger partial charge in [0.05, 0.1) is 16.3 Å². The SMILES string of the molecule is CC1(CNc2ccc(S(N)(=O)=O)cc2N)CCCC1. The molecule has 0 aromatic heterocycles. The van der Waals surface area contributed by atoms with Gasteiger partial charge in [-0.2, -0.15) is 0 Å². The molecular weight excluding hydrogens is 262 g/mol. The first-order chi connectivity index (χ1) is 8.80. The Morgan fingerprint density at radius 1 is 1.32 bits per heavy atom. The highest BCUT2D eigenvalue weighted by Gasteiger charge is 2.28. The van der Waals surface area contributed by atoms with Crippen molar-refractivity contribution in [1.29, 1.82) is 0 Å². The van der Waals surface area contributed by atoms with Gasteiger partial charge in [0.1, 0.15) is 0 Å². The van der Waals surface area contributed by atoms with Gasteiger partial charge in [-0.1, -0.05) is 19.8 Å². The second-order valence-corrected chi connectivity index (χ2v) is 7.23. The Balaban J connectivity index is 2.09. The van der Waals surface area contributed by atoms with Crippen LogP contribution in [0.15, 0.2) is 23.1 Å². The molecule has 1 fully saturated rings. The minimum atomic E-state index is -3.69. The molecule has 0 amide bonds. The number of nitrogens with one attached hydrogen (secondary N) is 1. The van der Waals surface area contributed by atoms with Crippen LogP contribution in [-0.2, 0) is 10.0 Å². The van der Waals surface area contributed by atoms with Gasteiger partial charge >= 0.3 is 0 Å². The number of hydrogen-bond acceptors (Lipinski definition) is 4. The van der Waals surface area contributed by atoms with E-state index in [0.29, 0.717) is 11.1 Å². The van der Waals surface area contributed by atoms with Gasteiger partial charge in [-0.3, -0.25) is 0 Å². The molecule has 6 heteroatoms. The molecule has 0 bridgehead atoms. The fraction of sp³-hybridized carbons (Fsp3) is 0.538. The van der Waals surface area contributed by atoms with Gasteiger partial charge in [0, 0.05) is 6.54 Å². The first-order valence-electron chi connectivity index (χ1n) is 6.46. The minimum absolute atomic E-state index is 0.0441. The monoisotopic (exact) mass is 283 g/mol. The van der Waals surface area contributed by atoms with Crippen molar-refractivity contribution in [3.63, 3.8) is 0 Å². The summed E-state index contributed by atoms with van der Waals surface area (Å²) in [5, 5.41) is 8.38.